The highest BCUT2D eigenvalue weighted by Crippen LogP contribution is 2.30. The third-order valence-corrected chi connectivity index (χ3v) is 2.87. The first-order valence-corrected chi connectivity index (χ1v) is 6.59. The minimum Gasteiger partial charge on any atom is -0.462 e. The van der Waals surface area contributed by atoms with E-state index < -0.39 is 16.6 Å². The van der Waals surface area contributed by atoms with E-state index in [4.69, 9.17) is 16.3 Å². The lowest BCUT2D eigenvalue weighted by atomic mass is 10.2. The Labute approximate surface area is 130 Å². The van der Waals surface area contributed by atoms with Gasteiger partial charge in [0.1, 0.15) is 6.33 Å². The molecule has 0 radical (unpaired) electrons. The third-order valence-electron chi connectivity index (χ3n) is 2.60. The molecule has 1 N–H and O–H groups in total. The number of esters is 1. The number of anilines is 2. The molecule has 0 saturated carbocycles. The van der Waals surface area contributed by atoms with Gasteiger partial charge in [-0.15, -0.1) is 0 Å². The van der Waals surface area contributed by atoms with Crippen molar-refractivity contribution in [3.63, 3.8) is 0 Å². The second-order valence-electron chi connectivity index (χ2n) is 4.05. The summed E-state index contributed by atoms with van der Waals surface area (Å²) in [6.07, 6.45) is 1.10. The van der Waals surface area contributed by atoms with Gasteiger partial charge in [0, 0.05) is 5.69 Å². The first-order valence-electron chi connectivity index (χ1n) is 6.22. The van der Waals surface area contributed by atoms with Crippen LogP contribution >= 0.6 is 11.6 Å². The van der Waals surface area contributed by atoms with Crippen LogP contribution in [0.4, 0.5) is 17.2 Å². The number of halogens is 1. The van der Waals surface area contributed by atoms with Crippen LogP contribution in [-0.4, -0.2) is 27.5 Å². The van der Waals surface area contributed by atoms with Crippen LogP contribution in [0.1, 0.15) is 17.3 Å². The number of nitrogens with zero attached hydrogens (tertiary/aromatic N) is 3. The maximum Gasteiger partial charge on any atom is 0.348 e. The zero-order valence-electron chi connectivity index (χ0n) is 11.4. The van der Waals surface area contributed by atoms with E-state index in [0.29, 0.717) is 11.3 Å². The van der Waals surface area contributed by atoms with Gasteiger partial charge in [0.05, 0.1) is 17.1 Å². The zero-order chi connectivity index (χ0) is 16.1. The summed E-state index contributed by atoms with van der Waals surface area (Å²) in [5.41, 5.74) is 0.309. The van der Waals surface area contributed by atoms with Gasteiger partial charge in [-0.2, -0.15) is 0 Å². The number of hydrogen-bond donors (Lipinski definition) is 1. The van der Waals surface area contributed by atoms with Crippen molar-refractivity contribution in [3.05, 3.63) is 51.4 Å². The van der Waals surface area contributed by atoms with Gasteiger partial charge >= 0.3 is 11.7 Å². The minimum atomic E-state index is -0.681. The summed E-state index contributed by atoms with van der Waals surface area (Å²) in [4.78, 5) is 29.4. The number of ether oxygens (including phenoxy) is 1. The van der Waals surface area contributed by atoms with Crippen LogP contribution in [0.2, 0.25) is 5.15 Å². The summed E-state index contributed by atoms with van der Waals surface area (Å²) in [6, 6.07) is 6.31. The summed E-state index contributed by atoms with van der Waals surface area (Å²) in [7, 11) is 0. The number of rotatable bonds is 5. The van der Waals surface area contributed by atoms with Crippen molar-refractivity contribution < 1.29 is 14.5 Å². The normalized spacial score (nSPS) is 10.1. The third kappa shape index (κ3) is 3.47. The van der Waals surface area contributed by atoms with E-state index in [0.717, 1.165) is 6.33 Å². The molecule has 8 nitrogen and oxygen atoms in total. The molecular weight excluding hydrogens is 312 g/mol. The van der Waals surface area contributed by atoms with Gasteiger partial charge in [-0.25, -0.2) is 14.8 Å². The van der Waals surface area contributed by atoms with Crippen molar-refractivity contribution in [2.45, 2.75) is 6.92 Å². The standard InChI is InChI=1S/C13H11ClN4O4/c1-2-22-13(19)8-4-3-5-9(6-8)17-12-10(18(20)21)11(14)15-7-16-12/h3-7H,2H2,1H3,(H,15,16,17). The summed E-state index contributed by atoms with van der Waals surface area (Å²) < 4.78 is 4.89. The highest BCUT2D eigenvalue weighted by atomic mass is 35.5. The number of carbonyl (C=O) groups is 1. The summed E-state index contributed by atoms with van der Waals surface area (Å²) in [6.45, 7) is 1.95. The summed E-state index contributed by atoms with van der Waals surface area (Å²) >= 11 is 5.71. The molecule has 0 fully saturated rings. The van der Waals surface area contributed by atoms with Crippen LogP contribution in [0.5, 0.6) is 0 Å². The van der Waals surface area contributed by atoms with Crippen LogP contribution in [0.25, 0.3) is 0 Å². The monoisotopic (exact) mass is 322 g/mol. The minimum absolute atomic E-state index is 0.0639. The smallest absolute Gasteiger partial charge is 0.348 e. The first-order chi connectivity index (χ1) is 10.5. The van der Waals surface area contributed by atoms with Gasteiger partial charge in [-0.1, -0.05) is 17.7 Å². The van der Waals surface area contributed by atoms with Crippen LogP contribution < -0.4 is 5.32 Å². The van der Waals surface area contributed by atoms with Crippen molar-refractivity contribution in [3.8, 4) is 0 Å². The Morgan fingerprint density at radius 3 is 2.91 bits per heavy atom. The molecule has 0 amide bonds. The topological polar surface area (TPSA) is 107 Å². The first kappa shape index (κ1) is 15.6. The molecule has 2 rings (SSSR count). The fraction of sp³-hybridized carbons (Fsp3) is 0.154. The lowest BCUT2D eigenvalue weighted by Crippen LogP contribution is -2.06. The van der Waals surface area contributed by atoms with E-state index in [2.05, 4.69) is 15.3 Å². The molecule has 0 aliphatic carbocycles. The average molecular weight is 323 g/mol. The summed E-state index contributed by atoms with van der Waals surface area (Å²) in [5.74, 6) is -0.549. The van der Waals surface area contributed by atoms with Gasteiger partial charge in [0.2, 0.25) is 11.0 Å². The number of nitrogens with one attached hydrogen (secondary N) is 1. The van der Waals surface area contributed by atoms with Crippen LogP contribution in [0.15, 0.2) is 30.6 Å². The molecule has 0 aliphatic rings. The molecular formula is C13H11ClN4O4. The number of nitro groups is 1. The van der Waals surface area contributed by atoms with Crippen molar-refractivity contribution in [1.82, 2.24) is 9.97 Å². The van der Waals surface area contributed by atoms with Crippen LogP contribution in [0.3, 0.4) is 0 Å². The highest BCUT2D eigenvalue weighted by Gasteiger charge is 2.21. The van der Waals surface area contributed by atoms with E-state index in [-0.39, 0.29) is 17.6 Å². The molecule has 0 spiro atoms. The van der Waals surface area contributed by atoms with E-state index in [1.165, 1.54) is 6.07 Å². The predicted molar refractivity (Wildman–Crippen MR) is 79.4 cm³/mol. The molecule has 22 heavy (non-hydrogen) atoms. The molecule has 1 heterocycles. The lowest BCUT2D eigenvalue weighted by molar-refractivity contribution is -0.384. The van der Waals surface area contributed by atoms with Crippen LogP contribution in [-0.2, 0) is 4.74 Å². The Morgan fingerprint density at radius 1 is 1.45 bits per heavy atom. The predicted octanol–water partition coefficient (Wildman–Crippen LogP) is 2.96. The maximum atomic E-state index is 11.7. The number of hydrogen-bond acceptors (Lipinski definition) is 7. The van der Waals surface area contributed by atoms with E-state index >= 15 is 0 Å². The molecule has 1 aromatic carbocycles. The Bertz CT molecular complexity index is 723. The van der Waals surface area contributed by atoms with Gasteiger partial charge in [-0.05, 0) is 25.1 Å². The fourth-order valence-electron chi connectivity index (χ4n) is 1.69. The quantitative estimate of drug-likeness (QED) is 0.390. The van der Waals surface area contributed by atoms with Gasteiger partial charge in [0.15, 0.2) is 0 Å². The Hall–Kier alpha value is -2.74. The number of aromatic nitrogens is 2. The van der Waals surface area contributed by atoms with Gasteiger partial charge in [-0.3, -0.25) is 10.1 Å². The van der Waals surface area contributed by atoms with E-state index in [1.54, 1.807) is 25.1 Å². The van der Waals surface area contributed by atoms with Crippen molar-refractivity contribution in [2.75, 3.05) is 11.9 Å². The summed E-state index contributed by atoms with van der Waals surface area (Å²) in [5, 5.41) is 13.5. The second kappa shape index (κ2) is 6.81. The van der Waals surface area contributed by atoms with E-state index in [1.807, 2.05) is 0 Å². The van der Waals surface area contributed by atoms with Crippen molar-refractivity contribution in [2.24, 2.45) is 0 Å². The molecule has 1 aromatic heterocycles. The number of carbonyl (C=O) groups excluding carboxylic acids is 1. The SMILES string of the molecule is CCOC(=O)c1cccc(Nc2ncnc(Cl)c2[N+](=O)[O-])c1. The molecule has 0 atom stereocenters. The average Bonchev–Trinajstić information content (AvgIpc) is 2.47. The second-order valence-corrected chi connectivity index (χ2v) is 4.40. The zero-order valence-corrected chi connectivity index (χ0v) is 12.2. The molecule has 114 valence electrons. The van der Waals surface area contributed by atoms with Crippen LogP contribution in [0, 0.1) is 10.1 Å². The molecule has 2 aromatic rings. The molecule has 0 saturated heterocycles. The highest BCUT2D eigenvalue weighted by molar-refractivity contribution is 6.31. The van der Waals surface area contributed by atoms with Gasteiger partial charge < -0.3 is 10.1 Å². The largest absolute Gasteiger partial charge is 0.462 e. The molecule has 0 bridgehead atoms. The Morgan fingerprint density at radius 2 is 2.23 bits per heavy atom. The number of benzene rings is 1. The molecule has 0 unspecified atom stereocenters. The maximum absolute atomic E-state index is 11.7. The molecule has 9 heteroatoms. The van der Waals surface area contributed by atoms with Gasteiger partial charge in [0.25, 0.3) is 0 Å². The Balaban J connectivity index is 2.32. The van der Waals surface area contributed by atoms with Crippen molar-refractivity contribution >= 4 is 34.8 Å². The lowest BCUT2D eigenvalue weighted by Gasteiger charge is -2.08. The Kier molecular flexibility index (Phi) is 4.84. The molecule has 0 aliphatic heterocycles. The van der Waals surface area contributed by atoms with Crippen molar-refractivity contribution in [1.29, 1.82) is 0 Å². The van der Waals surface area contributed by atoms with E-state index in [9.17, 15) is 14.9 Å². The fourth-order valence-corrected chi connectivity index (χ4v) is 1.89.